The fourth-order valence-electron chi connectivity index (χ4n) is 8.55. The van der Waals surface area contributed by atoms with Crippen molar-refractivity contribution in [2.24, 2.45) is 39.9 Å². The predicted octanol–water partition coefficient (Wildman–Crippen LogP) is 4.58. The van der Waals surface area contributed by atoms with Crippen molar-refractivity contribution >= 4 is 23.7 Å². The van der Waals surface area contributed by atoms with Crippen LogP contribution in [0.15, 0.2) is 34.7 Å². The van der Waals surface area contributed by atoms with Gasteiger partial charge in [-0.3, -0.25) is 14.4 Å². The Morgan fingerprint density at radius 1 is 1.14 bits per heavy atom. The number of rotatable bonds is 4. The third-order valence-electron chi connectivity index (χ3n) is 10.2. The van der Waals surface area contributed by atoms with Gasteiger partial charge in [0, 0.05) is 41.2 Å². The molecule has 4 aliphatic rings. The minimum atomic E-state index is -0.851. The van der Waals surface area contributed by atoms with E-state index in [1.165, 1.54) is 14.0 Å². The van der Waals surface area contributed by atoms with Crippen LogP contribution in [-0.2, 0) is 33.4 Å². The van der Waals surface area contributed by atoms with Gasteiger partial charge in [0.05, 0.1) is 25.6 Å². The van der Waals surface area contributed by atoms with E-state index in [-0.39, 0.29) is 24.0 Å². The van der Waals surface area contributed by atoms with Gasteiger partial charge in [-0.25, -0.2) is 4.79 Å². The van der Waals surface area contributed by atoms with Crippen LogP contribution in [-0.4, -0.2) is 36.9 Å². The minimum absolute atomic E-state index is 0.0437. The Bertz CT molecular complexity index is 1160. The highest BCUT2D eigenvalue weighted by molar-refractivity contribution is 5.92. The van der Waals surface area contributed by atoms with Crippen molar-refractivity contribution in [2.75, 3.05) is 7.11 Å². The first-order valence-electron chi connectivity index (χ1n) is 13.1. The predicted molar refractivity (Wildman–Crippen MR) is 131 cm³/mol. The fourth-order valence-corrected chi connectivity index (χ4v) is 8.55. The van der Waals surface area contributed by atoms with E-state index in [0.717, 1.165) is 24.0 Å². The van der Waals surface area contributed by atoms with E-state index in [1.54, 1.807) is 18.6 Å². The lowest BCUT2D eigenvalue weighted by molar-refractivity contribution is -0.210. The highest BCUT2D eigenvalue weighted by atomic mass is 16.6. The van der Waals surface area contributed by atoms with Crippen molar-refractivity contribution < 1.29 is 37.8 Å². The zero-order valence-corrected chi connectivity index (χ0v) is 22.4. The molecule has 0 amide bonds. The first kappa shape index (κ1) is 25.7. The summed E-state index contributed by atoms with van der Waals surface area (Å²) in [6.45, 7) is 9.43. The number of methoxy groups -OCH3 is 1. The SMILES string of the molecule is COC(=O)C[C@H]1C(C)(C)[C@H](OC(C)=O)[C@@H]2C[C@H]3C4=CC(=O)O[C@@H](c5ccoc5)[C@]4(C)CC[C@H]3[C@]1(C)C2=O. The molecule has 0 N–H and O–H groups in total. The van der Waals surface area contributed by atoms with E-state index in [9.17, 15) is 19.2 Å². The smallest absolute Gasteiger partial charge is 0.331 e. The summed E-state index contributed by atoms with van der Waals surface area (Å²) < 4.78 is 22.1. The molecule has 0 spiro atoms. The van der Waals surface area contributed by atoms with Crippen LogP contribution in [0.25, 0.3) is 0 Å². The summed E-state index contributed by atoms with van der Waals surface area (Å²) in [4.78, 5) is 51.9. The third-order valence-corrected chi connectivity index (χ3v) is 10.2. The topological polar surface area (TPSA) is 109 Å². The highest BCUT2D eigenvalue weighted by Crippen LogP contribution is 2.69. The van der Waals surface area contributed by atoms with E-state index >= 15 is 0 Å². The van der Waals surface area contributed by atoms with Crippen molar-refractivity contribution in [3.63, 3.8) is 0 Å². The fraction of sp³-hybridized carbons (Fsp3) is 0.655. The van der Waals surface area contributed by atoms with Crippen LogP contribution in [0.1, 0.15) is 72.0 Å². The van der Waals surface area contributed by atoms with Gasteiger partial charge in [0.1, 0.15) is 18.0 Å². The molecule has 2 heterocycles. The van der Waals surface area contributed by atoms with Crippen molar-refractivity contribution in [1.29, 1.82) is 0 Å². The van der Waals surface area contributed by atoms with Crippen LogP contribution in [0.2, 0.25) is 0 Å². The second-order valence-corrected chi connectivity index (χ2v) is 12.3. The second-order valence-electron chi connectivity index (χ2n) is 12.3. The molecule has 0 saturated heterocycles. The molecule has 8 atom stereocenters. The molecule has 3 saturated carbocycles. The monoisotopic (exact) mass is 512 g/mol. The van der Waals surface area contributed by atoms with Gasteiger partial charge in [0.2, 0.25) is 0 Å². The molecule has 3 aliphatic carbocycles. The maximum absolute atomic E-state index is 14.2. The summed E-state index contributed by atoms with van der Waals surface area (Å²) >= 11 is 0. The van der Waals surface area contributed by atoms with Crippen molar-refractivity contribution in [3.8, 4) is 0 Å². The number of ether oxygens (including phenoxy) is 3. The number of cyclic esters (lactones) is 1. The molecule has 37 heavy (non-hydrogen) atoms. The maximum atomic E-state index is 14.2. The molecule has 0 unspecified atom stereocenters. The van der Waals surface area contributed by atoms with Crippen molar-refractivity contribution in [3.05, 3.63) is 35.8 Å². The Morgan fingerprint density at radius 2 is 1.86 bits per heavy atom. The lowest BCUT2D eigenvalue weighted by Gasteiger charge is -2.65. The number of hydrogen-bond acceptors (Lipinski definition) is 8. The molecule has 8 heteroatoms. The van der Waals surface area contributed by atoms with E-state index in [0.29, 0.717) is 6.42 Å². The Morgan fingerprint density at radius 3 is 2.49 bits per heavy atom. The average molecular weight is 513 g/mol. The van der Waals surface area contributed by atoms with Crippen molar-refractivity contribution in [2.45, 2.75) is 72.5 Å². The summed E-state index contributed by atoms with van der Waals surface area (Å²) in [5, 5.41) is 0. The molecule has 1 aliphatic heterocycles. The number of hydrogen-bond donors (Lipinski definition) is 0. The number of esters is 3. The minimum Gasteiger partial charge on any atom is -0.472 e. The Hall–Kier alpha value is -2.90. The first-order valence-corrected chi connectivity index (χ1v) is 13.1. The standard InChI is InChI=1S/C29H36O8/c1-15(30)36-26-18-11-17-19(29(5,24(18)33)21(27(26,2)3)13-22(31)34-6)7-9-28(4)20(17)12-23(32)37-25(28)16-8-10-35-14-16/h8,10,12,14,17-19,21,25-26H,7,9,11,13H2,1-6H3/t17-,18-,19-,21+,25+,26-,28-,29+/m1/s1. The van der Waals surface area contributed by atoms with Gasteiger partial charge in [-0.05, 0) is 48.7 Å². The zero-order chi connectivity index (χ0) is 26.9. The second kappa shape index (κ2) is 8.57. The van der Waals surface area contributed by atoms with Crippen LogP contribution >= 0.6 is 0 Å². The molecule has 8 nitrogen and oxygen atoms in total. The average Bonchev–Trinajstić information content (AvgIpc) is 3.36. The zero-order valence-electron chi connectivity index (χ0n) is 22.4. The number of fused-ring (bicyclic) bond motifs is 6. The Kier molecular flexibility index (Phi) is 5.96. The lowest BCUT2D eigenvalue weighted by atomic mass is 9.38. The van der Waals surface area contributed by atoms with Crippen LogP contribution in [0.4, 0.5) is 0 Å². The molecule has 3 fully saturated rings. The Balaban J connectivity index is 1.64. The molecule has 2 bridgehead atoms. The normalized spacial score (nSPS) is 40.0. The van der Waals surface area contributed by atoms with Gasteiger partial charge in [0.15, 0.2) is 0 Å². The molecule has 1 aromatic rings. The number of carbonyl (C=O) groups is 4. The van der Waals surface area contributed by atoms with E-state index < -0.39 is 58.2 Å². The third kappa shape index (κ3) is 3.62. The quantitative estimate of drug-likeness (QED) is 0.426. The van der Waals surface area contributed by atoms with Crippen LogP contribution in [0.5, 0.6) is 0 Å². The van der Waals surface area contributed by atoms with Crippen molar-refractivity contribution in [1.82, 2.24) is 0 Å². The number of carbonyl (C=O) groups excluding carboxylic acids is 4. The Labute approximate surface area is 217 Å². The molecule has 200 valence electrons. The van der Waals surface area contributed by atoms with Crippen LogP contribution < -0.4 is 0 Å². The number of Topliss-reactive ketones (excluding diaryl/α,β-unsaturated/α-hetero) is 1. The lowest BCUT2D eigenvalue weighted by Crippen LogP contribution is -2.68. The summed E-state index contributed by atoms with van der Waals surface area (Å²) in [7, 11) is 1.35. The van der Waals surface area contributed by atoms with Gasteiger partial charge in [-0.15, -0.1) is 0 Å². The summed E-state index contributed by atoms with van der Waals surface area (Å²) in [6, 6.07) is 1.82. The highest BCUT2D eigenvalue weighted by Gasteiger charge is 2.70. The van der Waals surface area contributed by atoms with Gasteiger partial charge in [-0.2, -0.15) is 0 Å². The maximum Gasteiger partial charge on any atom is 0.331 e. The summed E-state index contributed by atoms with van der Waals surface area (Å²) in [5.74, 6) is -2.32. The van der Waals surface area contributed by atoms with Gasteiger partial charge in [-0.1, -0.05) is 27.7 Å². The largest absolute Gasteiger partial charge is 0.472 e. The van der Waals surface area contributed by atoms with Crippen LogP contribution in [0, 0.1) is 39.9 Å². The molecule has 5 rings (SSSR count). The molecular formula is C29H36O8. The van der Waals surface area contributed by atoms with E-state index in [4.69, 9.17) is 18.6 Å². The molecule has 1 aromatic heterocycles. The van der Waals surface area contributed by atoms with Gasteiger partial charge < -0.3 is 18.6 Å². The molecular weight excluding hydrogens is 476 g/mol. The van der Waals surface area contributed by atoms with E-state index in [2.05, 4.69) is 6.92 Å². The van der Waals surface area contributed by atoms with E-state index in [1.807, 2.05) is 26.8 Å². The summed E-state index contributed by atoms with van der Waals surface area (Å²) in [6.07, 6.45) is 5.62. The number of ketones is 1. The summed E-state index contributed by atoms with van der Waals surface area (Å²) in [5.41, 5.74) is -0.170. The molecule has 0 radical (unpaired) electrons. The molecule has 0 aromatic carbocycles. The van der Waals surface area contributed by atoms with Gasteiger partial charge >= 0.3 is 17.9 Å². The van der Waals surface area contributed by atoms with Crippen LogP contribution in [0.3, 0.4) is 0 Å². The first-order chi connectivity index (χ1) is 17.4. The number of furan rings is 1. The van der Waals surface area contributed by atoms with Gasteiger partial charge in [0.25, 0.3) is 0 Å².